The summed E-state index contributed by atoms with van der Waals surface area (Å²) >= 11 is 0. The molecule has 0 saturated carbocycles. The second-order valence-electron chi connectivity index (χ2n) is 5.58. The Hall–Kier alpha value is -0.870. The van der Waals surface area contributed by atoms with Gasteiger partial charge in [-0.25, -0.2) is 4.98 Å². The van der Waals surface area contributed by atoms with E-state index in [2.05, 4.69) is 30.3 Å². The van der Waals surface area contributed by atoms with Crippen LogP contribution in [0, 0.1) is 5.92 Å². The third-order valence-electron chi connectivity index (χ3n) is 3.73. The van der Waals surface area contributed by atoms with Crippen molar-refractivity contribution in [2.45, 2.75) is 58.3 Å². The first-order chi connectivity index (χ1) is 8.57. The summed E-state index contributed by atoms with van der Waals surface area (Å²) < 4.78 is 7.81. The summed E-state index contributed by atoms with van der Waals surface area (Å²) in [5.74, 6) is 1.23. The average Bonchev–Trinajstić information content (AvgIpc) is 2.78. The largest absolute Gasteiger partial charge is 0.382 e. The number of ether oxygens (including phenoxy) is 1. The molecule has 0 radical (unpaired) electrons. The molecule has 1 aliphatic heterocycles. The Balaban J connectivity index is 2.21. The van der Waals surface area contributed by atoms with Gasteiger partial charge in [0.05, 0.1) is 12.7 Å². The minimum absolute atomic E-state index is 0.121. The van der Waals surface area contributed by atoms with Crippen molar-refractivity contribution in [2.24, 2.45) is 5.92 Å². The average molecular weight is 252 g/mol. The highest BCUT2D eigenvalue weighted by molar-refractivity contribution is 5.07. The van der Waals surface area contributed by atoms with Crippen LogP contribution in [-0.2, 0) is 16.9 Å². The quantitative estimate of drug-likeness (QED) is 0.894. The van der Waals surface area contributed by atoms with Gasteiger partial charge in [0, 0.05) is 31.8 Å². The maximum Gasteiger partial charge on any atom is 0.140 e. The van der Waals surface area contributed by atoms with Gasteiger partial charge >= 0.3 is 0 Å². The van der Waals surface area contributed by atoms with Gasteiger partial charge in [-0.3, -0.25) is 0 Å². The van der Waals surface area contributed by atoms with Crippen LogP contribution in [0.25, 0.3) is 0 Å². The molecule has 1 fully saturated rings. The van der Waals surface area contributed by atoms with Gasteiger partial charge in [0.1, 0.15) is 11.4 Å². The van der Waals surface area contributed by atoms with Gasteiger partial charge in [0.25, 0.3) is 0 Å². The summed E-state index contributed by atoms with van der Waals surface area (Å²) in [5, 5.41) is 10.9. The second kappa shape index (κ2) is 5.41. The highest BCUT2D eigenvalue weighted by atomic mass is 16.5. The zero-order valence-corrected chi connectivity index (χ0v) is 11.6. The Morgan fingerprint density at radius 2 is 2.39 bits per heavy atom. The van der Waals surface area contributed by atoms with Gasteiger partial charge in [0.2, 0.25) is 0 Å². The molecule has 0 aliphatic carbocycles. The summed E-state index contributed by atoms with van der Waals surface area (Å²) in [6.07, 6.45) is 6.18. The zero-order valence-electron chi connectivity index (χ0n) is 11.6. The molecule has 1 aromatic rings. The van der Waals surface area contributed by atoms with Gasteiger partial charge in [-0.1, -0.05) is 20.8 Å². The molecule has 2 heterocycles. The van der Waals surface area contributed by atoms with Crippen molar-refractivity contribution in [3.63, 3.8) is 0 Å². The van der Waals surface area contributed by atoms with E-state index in [-0.39, 0.29) is 6.10 Å². The molecule has 2 unspecified atom stereocenters. The number of aromatic nitrogens is 2. The van der Waals surface area contributed by atoms with E-state index < -0.39 is 5.60 Å². The van der Waals surface area contributed by atoms with Crippen LogP contribution >= 0.6 is 0 Å². The van der Waals surface area contributed by atoms with Gasteiger partial charge in [-0.2, -0.15) is 0 Å². The van der Waals surface area contributed by atoms with Crippen LogP contribution in [0.4, 0.5) is 0 Å². The van der Waals surface area contributed by atoms with Crippen LogP contribution in [0.2, 0.25) is 0 Å². The molecule has 1 N–H and O–H groups in total. The molecule has 102 valence electrons. The highest BCUT2D eigenvalue weighted by Gasteiger charge is 2.40. The van der Waals surface area contributed by atoms with Crippen molar-refractivity contribution < 1.29 is 9.84 Å². The number of imidazole rings is 1. The predicted molar refractivity (Wildman–Crippen MR) is 70.2 cm³/mol. The fourth-order valence-electron chi connectivity index (χ4n) is 2.64. The van der Waals surface area contributed by atoms with Crippen LogP contribution in [0.3, 0.4) is 0 Å². The van der Waals surface area contributed by atoms with Crippen LogP contribution in [0.15, 0.2) is 12.4 Å². The summed E-state index contributed by atoms with van der Waals surface area (Å²) in [7, 11) is 0. The van der Waals surface area contributed by atoms with E-state index in [4.69, 9.17) is 4.74 Å². The number of nitrogens with zero attached hydrogens (tertiary/aromatic N) is 2. The number of hydrogen-bond acceptors (Lipinski definition) is 3. The fourth-order valence-corrected chi connectivity index (χ4v) is 2.64. The fraction of sp³-hybridized carbons (Fsp3) is 0.786. The molecule has 0 amide bonds. The third-order valence-corrected chi connectivity index (χ3v) is 3.73. The molecule has 1 aliphatic rings. The summed E-state index contributed by atoms with van der Waals surface area (Å²) in [5.41, 5.74) is -0.828. The van der Waals surface area contributed by atoms with E-state index >= 15 is 0 Å². The van der Waals surface area contributed by atoms with Crippen molar-refractivity contribution >= 4 is 0 Å². The first kappa shape index (κ1) is 13.6. The first-order valence-electron chi connectivity index (χ1n) is 6.92. The molecule has 4 heteroatoms. The van der Waals surface area contributed by atoms with Gasteiger partial charge in [0.15, 0.2) is 0 Å². The third kappa shape index (κ3) is 2.59. The number of aliphatic hydroxyl groups is 1. The molecule has 1 saturated heterocycles. The van der Waals surface area contributed by atoms with Crippen molar-refractivity contribution in [3.05, 3.63) is 18.2 Å². The lowest BCUT2D eigenvalue weighted by Gasteiger charge is -2.38. The van der Waals surface area contributed by atoms with Crippen molar-refractivity contribution in [1.29, 1.82) is 0 Å². The van der Waals surface area contributed by atoms with E-state index in [1.807, 2.05) is 6.20 Å². The zero-order chi connectivity index (χ0) is 13.2. The van der Waals surface area contributed by atoms with Gasteiger partial charge in [-0.15, -0.1) is 0 Å². The van der Waals surface area contributed by atoms with E-state index in [9.17, 15) is 5.11 Å². The number of rotatable bonds is 4. The Morgan fingerprint density at radius 3 is 3.06 bits per heavy atom. The van der Waals surface area contributed by atoms with Gasteiger partial charge < -0.3 is 14.4 Å². The lowest BCUT2D eigenvalue weighted by atomic mass is 9.85. The predicted octanol–water partition coefficient (Wildman–Crippen LogP) is 2.32. The van der Waals surface area contributed by atoms with Crippen LogP contribution in [0.1, 0.15) is 45.9 Å². The molecule has 0 spiro atoms. The summed E-state index contributed by atoms with van der Waals surface area (Å²) in [4.78, 5) is 4.38. The van der Waals surface area contributed by atoms with E-state index in [0.29, 0.717) is 25.4 Å². The van der Waals surface area contributed by atoms with Crippen molar-refractivity contribution in [1.82, 2.24) is 9.55 Å². The Labute approximate surface area is 109 Å². The molecular weight excluding hydrogens is 228 g/mol. The molecule has 1 aromatic heterocycles. The number of aryl methyl sites for hydroxylation is 1. The highest BCUT2D eigenvalue weighted by Crippen LogP contribution is 2.35. The normalized spacial score (nSPS) is 28.8. The second-order valence-corrected chi connectivity index (χ2v) is 5.58. The van der Waals surface area contributed by atoms with E-state index in [1.54, 1.807) is 6.20 Å². The first-order valence-corrected chi connectivity index (χ1v) is 6.92. The molecule has 18 heavy (non-hydrogen) atoms. The smallest absolute Gasteiger partial charge is 0.140 e. The summed E-state index contributed by atoms with van der Waals surface area (Å²) in [6.45, 7) is 7.92. The topological polar surface area (TPSA) is 47.3 Å². The molecule has 0 bridgehead atoms. The summed E-state index contributed by atoms with van der Waals surface area (Å²) in [6, 6.07) is 0. The van der Waals surface area contributed by atoms with Crippen LogP contribution in [-0.4, -0.2) is 27.4 Å². The molecule has 0 aromatic carbocycles. The number of hydrogen-bond donors (Lipinski definition) is 1. The van der Waals surface area contributed by atoms with Crippen LogP contribution in [0.5, 0.6) is 0 Å². The van der Waals surface area contributed by atoms with E-state index in [1.165, 1.54) is 0 Å². The van der Waals surface area contributed by atoms with Crippen molar-refractivity contribution in [2.75, 3.05) is 6.61 Å². The SMILES string of the molecule is CCCn1ccnc1C1(O)CCOC(C(C)C)C1. The molecular formula is C14H24N2O2. The monoisotopic (exact) mass is 252 g/mol. The Kier molecular flexibility index (Phi) is 4.07. The maximum atomic E-state index is 10.9. The molecule has 2 atom stereocenters. The molecule has 2 rings (SSSR count). The minimum Gasteiger partial charge on any atom is -0.382 e. The van der Waals surface area contributed by atoms with Crippen molar-refractivity contribution in [3.8, 4) is 0 Å². The standard InChI is InChI=1S/C14H24N2O2/c1-4-7-16-8-6-15-13(16)14(17)5-9-18-12(10-14)11(2)3/h6,8,11-12,17H,4-5,7,9-10H2,1-3H3. The van der Waals surface area contributed by atoms with Crippen LogP contribution < -0.4 is 0 Å². The van der Waals surface area contributed by atoms with Gasteiger partial charge in [-0.05, 0) is 12.3 Å². The van der Waals surface area contributed by atoms with E-state index in [0.717, 1.165) is 18.8 Å². The maximum absolute atomic E-state index is 10.9. The Morgan fingerprint density at radius 1 is 1.61 bits per heavy atom. The lowest BCUT2D eigenvalue weighted by Crippen LogP contribution is -2.42. The Bertz CT molecular complexity index is 389. The minimum atomic E-state index is -0.828. The molecule has 4 nitrogen and oxygen atoms in total. The lowest BCUT2D eigenvalue weighted by molar-refractivity contribution is -0.126.